The van der Waals surface area contributed by atoms with E-state index < -0.39 is 5.54 Å². The average Bonchev–Trinajstić information content (AvgIpc) is 3.38. The Bertz CT molecular complexity index is 1380. The fraction of sp³-hybridized carbons (Fsp3) is 0.120. The van der Waals surface area contributed by atoms with Crippen LogP contribution in [-0.2, 0) is 10.3 Å². The van der Waals surface area contributed by atoms with Gasteiger partial charge in [-0.2, -0.15) is 5.10 Å². The van der Waals surface area contributed by atoms with Crippen LogP contribution in [0.1, 0.15) is 11.1 Å². The van der Waals surface area contributed by atoms with Gasteiger partial charge in [-0.1, -0.05) is 36.4 Å². The van der Waals surface area contributed by atoms with Crippen molar-refractivity contribution >= 4 is 17.4 Å². The van der Waals surface area contributed by atoms with Crippen LogP contribution < -0.4 is 20.1 Å². The van der Waals surface area contributed by atoms with Crippen molar-refractivity contribution in [2.75, 3.05) is 24.9 Å². The predicted octanol–water partition coefficient (Wildman–Crippen LogP) is 4.18. The number of aromatic nitrogens is 2. The first-order chi connectivity index (χ1) is 15.7. The Labute approximate surface area is 184 Å². The largest absolute Gasteiger partial charge is 0.493 e. The summed E-state index contributed by atoms with van der Waals surface area (Å²) in [5.74, 6) is 1.73. The average molecular weight is 424 g/mol. The van der Waals surface area contributed by atoms with E-state index >= 15 is 0 Å². The van der Waals surface area contributed by atoms with Gasteiger partial charge in [0.05, 0.1) is 26.1 Å². The van der Waals surface area contributed by atoms with E-state index in [4.69, 9.17) is 9.47 Å². The molecule has 0 bridgehead atoms. The van der Waals surface area contributed by atoms with E-state index in [2.05, 4.69) is 15.7 Å². The van der Waals surface area contributed by atoms with Crippen LogP contribution in [0.5, 0.6) is 11.5 Å². The van der Waals surface area contributed by atoms with Crippen molar-refractivity contribution in [3.63, 3.8) is 0 Å². The first-order valence-electron chi connectivity index (χ1n) is 10.3. The third-order valence-electron chi connectivity index (χ3n) is 6.21. The van der Waals surface area contributed by atoms with Gasteiger partial charge in [0, 0.05) is 22.4 Å². The lowest BCUT2D eigenvalue weighted by molar-refractivity contribution is -0.118. The highest BCUT2D eigenvalue weighted by molar-refractivity contribution is 6.13. The molecule has 6 rings (SSSR count). The molecule has 1 amide bonds. The summed E-state index contributed by atoms with van der Waals surface area (Å²) in [7, 11) is 3.20. The van der Waals surface area contributed by atoms with Crippen molar-refractivity contribution in [2.45, 2.75) is 5.54 Å². The number of carbonyl (C=O) groups excluding carboxylic acids is 1. The number of nitrogens with zero attached hydrogens (tertiary/aromatic N) is 2. The van der Waals surface area contributed by atoms with E-state index in [9.17, 15) is 4.79 Å². The number of fused-ring (bicyclic) bond motifs is 6. The maximum absolute atomic E-state index is 13.6. The van der Waals surface area contributed by atoms with Crippen molar-refractivity contribution in [3.8, 4) is 28.3 Å². The van der Waals surface area contributed by atoms with Gasteiger partial charge < -0.3 is 20.1 Å². The molecule has 0 aliphatic carbocycles. The second-order valence-corrected chi connectivity index (χ2v) is 7.78. The lowest BCUT2D eigenvalue weighted by Crippen LogP contribution is -2.46. The fourth-order valence-electron chi connectivity index (χ4n) is 4.74. The summed E-state index contributed by atoms with van der Waals surface area (Å²) in [5.41, 5.74) is 3.93. The summed E-state index contributed by atoms with van der Waals surface area (Å²) in [4.78, 5) is 13.6. The Hall–Kier alpha value is -4.26. The topological polar surface area (TPSA) is 77.4 Å². The quantitative estimate of drug-likeness (QED) is 0.516. The molecule has 1 spiro atoms. The van der Waals surface area contributed by atoms with Crippen molar-refractivity contribution in [2.24, 2.45) is 0 Å². The number of nitrogens with one attached hydrogen (secondary N) is 2. The minimum absolute atomic E-state index is 0.154. The van der Waals surface area contributed by atoms with E-state index in [0.717, 1.165) is 39.4 Å². The molecule has 4 aromatic rings. The fourth-order valence-corrected chi connectivity index (χ4v) is 4.74. The molecule has 0 saturated heterocycles. The van der Waals surface area contributed by atoms with Crippen LogP contribution >= 0.6 is 0 Å². The number of anilines is 2. The molecule has 7 heteroatoms. The maximum Gasteiger partial charge on any atom is 0.259 e. The third-order valence-corrected chi connectivity index (χ3v) is 6.21. The third kappa shape index (κ3) is 2.30. The first kappa shape index (κ1) is 18.5. The number of carbonyl (C=O) groups is 1. The van der Waals surface area contributed by atoms with Crippen LogP contribution in [0, 0.1) is 0 Å². The number of rotatable bonds is 3. The Morgan fingerprint density at radius 1 is 0.875 bits per heavy atom. The maximum atomic E-state index is 13.6. The van der Waals surface area contributed by atoms with Crippen molar-refractivity contribution in [3.05, 3.63) is 84.1 Å². The van der Waals surface area contributed by atoms with Gasteiger partial charge in [-0.25, -0.2) is 4.68 Å². The molecule has 0 radical (unpaired) electrons. The second kappa shape index (κ2) is 6.62. The van der Waals surface area contributed by atoms with Gasteiger partial charge in [-0.3, -0.25) is 4.79 Å². The Balaban J connectivity index is 1.70. The van der Waals surface area contributed by atoms with E-state index in [1.807, 2.05) is 77.6 Å². The number of hydrogen-bond donors (Lipinski definition) is 2. The minimum Gasteiger partial charge on any atom is -0.493 e. The van der Waals surface area contributed by atoms with Crippen molar-refractivity contribution < 1.29 is 14.3 Å². The minimum atomic E-state index is -1.13. The molecule has 3 aromatic carbocycles. The molecular weight excluding hydrogens is 404 g/mol. The molecule has 2 N–H and O–H groups in total. The zero-order valence-corrected chi connectivity index (χ0v) is 17.5. The standard InChI is InChI=1S/C25H20N4O3/c1-31-21-12-16-17-14-26-29(15-8-4-3-5-9-15)23(17)28-25(19(16)13-22(21)32-2)18-10-6-7-11-20(18)27-24(25)30/h3-14,28H,1-2H3,(H,27,30). The van der Waals surface area contributed by atoms with Crippen LogP contribution in [0.15, 0.2) is 72.9 Å². The van der Waals surface area contributed by atoms with Crippen LogP contribution in [0.2, 0.25) is 0 Å². The number of benzene rings is 3. The Morgan fingerprint density at radius 2 is 1.59 bits per heavy atom. The van der Waals surface area contributed by atoms with Gasteiger partial charge >= 0.3 is 0 Å². The van der Waals surface area contributed by atoms with Crippen LogP contribution in [-0.4, -0.2) is 29.9 Å². The van der Waals surface area contributed by atoms with Crippen molar-refractivity contribution in [1.29, 1.82) is 0 Å². The molecule has 2 aliphatic heterocycles. The molecule has 2 aliphatic rings. The predicted molar refractivity (Wildman–Crippen MR) is 122 cm³/mol. The van der Waals surface area contributed by atoms with Crippen molar-refractivity contribution in [1.82, 2.24) is 9.78 Å². The lowest BCUT2D eigenvalue weighted by atomic mass is 9.77. The number of ether oxygens (including phenoxy) is 2. The number of hydrogen-bond acceptors (Lipinski definition) is 5. The van der Waals surface area contributed by atoms with E-state index in [-0.39, 0.29) is 5.91 Å². The number of para-hydroxylation sites is 2. The van der Waals surface area contributed by atoms with Gasteiger partial charge in [0.25, 0.3) is 5.91 Å². The van der Waals surface area contributed by atoms with Crippen LogP contribution in [0.25, 0.3) is 16.8 Å². The Kier molecular flexibility index (Phi) is 3.83. The summed E-state index contributed by atoms with van der Waals surface area (Å²) in [5, 5.41) is 11.3. The van der Waals surface area contributed by atoms with E-state index in [0.29, 0.717) is 11.5 Å². The summed E-state index contributed by atoms with van der Waals surface area (Å²) in [6.07, 6.45) is 1.81. The highest BCUT2D eigenvalue weighted by Crippen LogP contribution is 2.53. The van der Waals surface area contributed by atoms with E-state index in [1.54, 1.807) is 14.2 Å². The zero-order valence-electron chi connectivity index (χ0n) is 17.5. The van der Waals surface area contributed by atoms with Crippen LogP contribution in [0.3, 0.4) is 0 Å². The molecule has 1 unspecified atom stereocenters. The lowest BCUT2D eigenvalue weighted by Gasteiger charge is -2.36. The molecule has 7 nitrogen and oxygen atoms in total. The molecule has 32 heavy (non-hydrogen) atoms. The normalized spacial score (nSPS) is 17.8. The number of amides is 1. The van der Waals surface area contributed by atoms with Gasteiger partial charge in [0.2, 0.25) is 0 Å². The van der Waals surface area contributed by atoms with Gasteiger partial charge in [-0.05, 0) is 35.9 Å². The molecule has 0 fully saturated rings. The highest BCUT2D eigenvalue weighted by Gasteiger charge is 2.53. The molecule has 1 aromatic heterocycles. The van der Waals surface area contributed by atoms with E-state index in [1.165, 1.54) is 0 Å². The van der Waals surface area contributed by atoms with Gasteiger partial charge in [0.1, 0.15) is 5.82 Å². The molecular formula is C25H20N4O3. The SMILES string of the molecule is COc1cc2c(cc1OC)C1(Nc3c-2cnn3-c2ccccc2)C(=O)Nc2ccccc21. The highest BCUT2D eigenvalue weighted by atomic mass is 16.5. The van der Waals surface area contributed by atoms with Gasteiger partial charge in [-0.15, -0.1) is 0 Å². The van der Waals surface area contributed by atoms with Crippen LogP contribution in [0.4, 0.5) is 11.5 Å². The Morgan fingerprint density at radius 3 is 2.38 bits per heavy atom. The van der Waals surface area contributed by atoms with Gasteiger partial charge in [0.15, 0.2) is 17.0 Å². The first-order valence-corrected chi connectivity index (χ1v) is 10.3. The molecule has 158 valence electrons. The monoisotopic (exact) mass is 424 g/mol. The molecule has 1 atom stereocenters. The number of methoxy groups -OCH3 is 2. The zero-order chi connectivity index (χ0) is 21.9. The summed E-state index contributed by atoms with van der Waals surface area (Å²) in [6.45, 7) is 0. The molecule has 3 heterocycles. The summed E-state index contributed by atoms with van der Waals surface area (Å²) < 4.78 is 13.0. The molecule has 0 saturated carbocycles. The summed E-state index contributed by atoms with van der Waals surface area (Å²) in [6, 6.07) is 21.4. The summed E-state index contributed by atoms with van der Waals surface area (Å²) >= 11 is 0. The second-order valence-electron chi connectivity index (χ2n) is 7.78. The smallest absolute Gasteiger partial charge is 0.259 e.